The van der Waals surface area contributed by atoms with Crippen LogP contribution in [0.4, 0.5) is 10.5 Å². The van der Waals surface area contributed by atoms with E-state index in [0.717, 1.165) is 0 Å². The number of carbonyl (C=O) groups excluding carboxylic acids is 5. The molecule has 0 radical (unpaired) electrons. The van der Waals surface area contributed by atoms with Gasteiger partial charge in [0.25, 0.3) is 5.91 Å². The van der Waals surface area contributed by atoms with Gasteiger partial charge in [0.15, 0.2) is 0 Å². The number of carbonyl (C=O) groups is 7. The molecule has 0 bridgehead atoms. The largest absolute Gasteiger partial charge is 0.480 e. The first-order chi connectivity index (χ1) is 27.4. The molecule has 18 nitrogen and oxygen atoms in total. The quantitative estimate of drug-likeness (QED) is 0.0790. The second kappa shape index (κ2) is 24.9. The number of hydrogen-bond acceptors (Lipinski definition) is 14. The lowest BCUT2D eigenvalue weighted by Gasteiger charge is -2.35. The molecule has 1 aromatic rings. The Hall–Kier alpha value is -2.62. The summed E-state index contributed by atoms with van der Waals surface area (Å²) in [5.41, 5.74) is -1.92. The molecule has 1 unspecified atom stereocenters. The summed E-state index contributed by atoms with van der Waals surface area (Å²) in [4.78, 5) is 95.9. The van der Waals surface area contributed by atoms with E-state index in [2.05, 4.69) is 27.9 Å². The number of carboxylic acid groups (broad SMARTS) is 2. The number of anilines is 1. The van der Waals surface area contributed by atoms with Crippen LogP contribution in [0.1, 0.15) is 86.5 Å². The molecule has 0 aliphatic heterocycles. The fourth-order valence-electron chi connectivity index (χ4n) is 5.51. The molecule has 1 aromatic carbocycles. The van der Waals surface area contributed by atoms with E-state index in [0.29, 0.717) is 35.1 Å². The summed E-state index contributed by atoms with van der Waals surface area (Å²) in [7, 11) is 0. The second-order valence-corrected chi connectivity index (χ2v) is 20.1. The molecule has 2 amide bonds. The Kier molecular flexibility index (Phi) is 23.0. The first-order valence-corrected chi connectivity index (χ1v) is 22.4. The van der Waals surface area contributed by atoms with Crippen molar-refractivity contribution in [3.8, 4) is 0 Å². The van der Waals surface area contributed by atoms with Crippen LogP contribution in [0.2, 0.25) is 0 Å². The minimum Gasteiger partial charge on any atom is -0.480 e. The van der Waals surface area contributed by atoms with Crippen molar-refractivity contribution in [2.75, 3.05) is 77.4 Å². The molecule has 21 heteroatoms. The number of aliphatic carboxylic acids is 2. The molecule has 0 fully saturated rings. The van der Waals surface area contributed by atoms with Crippen molar-refractivity contribution in [2.45, 2.75) is 99.0 Å². The van der Waals surface area contributed by atoms with Crippen LogP contribution in [0.15, 0.2) is 6.07 Å². The molecular weight excluding hydrogens is 1130 g/mol. The number of ether oxygens (including phenoxy) is 4. The minimum absolute atomic E-state index is 0.0618. The number of amides is 2. The van der Waals surface area contributed by atoms with Crippen LogP contribution >= 0.6 is 67.8 Å². The monoisotopic (exact) mass is 1190 g/mol. The zero-order chi connectivity index (χ0) is 46.3. The molecule has 1 atom stereocenters. The minimum atomic E-state index is -1.31. The maximum atomic E-state index is 13.6. The highest BCUT2D eigenvalue weighted by atomic mass is 127. The summed E-state index contributed by atoms with van der Waals surface area (Å²) >= 11 is 6.10. The summed E-state index contributed by atoms with van der Waals surface area (Å²) in [5, 5.41) is 22.3. The normalized spacial score (nSPS) is 12.6. The lowest BCUT2D eigenvalue weighted by atomic mass is 10.1. The SMILES string of the molecule is CCN(CC)C(=O)c1c(I)cc(I)c(NC(=O)OCC(CN(CCN(CC(=O)O)CC(=O)OC(C)(C)C)CC(=O)OC(C)(C)C)N(CC(=O)O)CC(=O)OC(C)(C)C)c1I. The van der Waals surface area contributed by atoms with Crippen molar-refractivity contribution in [2.24, 2.45) is 0 Å². The molecule has 3 N–H and O–H groups in total. The van der Waals surface area contributed by atoms with Gasteiger partial charge in [-0.1, -0.05) is 0 Å². The Balaban J connectivity index is 3.69. The van der Waals surface area contributed by atoms with Gasteiger partial charge in [0.2, 0.25) is 0 Å². The van der Waals surface area contributed by atoms with Crippen LogP contribution in [0.25, 0.3) is 0 Å². The van der Waals surface area contributed by atoms with E-state index >= 15 is 0 Å². The number of rotatable bonds is 22. The second-order valence-electron chi connectivity index (χ2n) is 16.7. The van der Waals surface area contributed by atoms with Crippen LogP contribution in [-0.4, -0.2) is 167 Å². The first kappa shape index (κ1) is 55.4. The highest BCUT2D eigenvalue weighted by Gasteiger charge is 2.32. The molecule has 340 valence electrons. The number of nitrogens with zero attached hydrogens (tertiary/aromatic N) is 4. The average molecular weight is 1190 g/mol. The Morgan fingerprint density at radius 1 is 0.667 bits per heavy atom. The van der Waals surface area contributed by atoms with Gasteiger partial charge in [-0.25, -0.2) is 4.79 Å². The lowest BCUT2D eigenvalue weighted by molar-refractivity contribution is -0.160. The maximum absolute atomic E-state index is 13.6. The van der Waals surface area contributed by atoms with E-state index in [1.54, 1.807) is 73.3 Å². The van der Waals surface area contributed by atoms with Gasteiger partial charge in [-0.15, -0.1) is 0 Å². The van der Waals surface area contributed by atoms with Crippen LogP contribution in [0, 0.1) is 10.7 Å². The van der Waals surface area contributed by atoms with Gasteiger partial charge in [-0.2, -0.15) is 0 Å². The van der Waals surface area contributed by atoms with Gasteiger partial charge in [0, 0.05) is 39.9 Å². The topological polar surface area (TPSA) is 222 Å². The fraction of sp³-hybridized carbons (Fsp3) is 0.667. The molecule has 60 heavy (non-hydrogen) atoms. The number of hydrogen-bond donors (Lipinski definition) is 3. The first-order valence-electron chi connectivity index (χ1n) is 19.1. The number of halogens is 3. The molecule has 0 saturated carbocycles. The summed E-state index contributed by atoms with van der Waals surface area (Å²) in [6.07, 6.45) is -0.950. The Morgan fingerprint density at radius 3 is 1.57 bits per heavy atom. The zero-order valence-electron chi connectivity index (χ0n) is 36.2. The van der Waals surface area contributed by atoms with Crippen LogP contribution in [-0.2, 0) is 42.9 Å². The van der Waals surface area contributed by atoms with Crippen molar-refractivity contribution in [1.29, 1.82) is 0 Å². The summed E-state index contributed by atoms with van der Waals surface area (Å²) in [6, 6.07) is 0.661. The van der Waals surface area contributed by atoms with E-state index in [9.17, 15) is 43.8 Å². The van der Waals surface area contributed by atoms with Crippen LogP contribution in [0.5, 0.6) is 0 Å². The van der Waals surface area contributed by atoms with Gasteiger partial charge in [-0.05, 0) is 150 Å². The maximum Gasteiger partial charge on any atom is 0.411 e. The van der Waals surface area contributed by atoms with Gasteiger partial charge in [0.05, 0.1) is 53.6 Å². The molecule has 1 rings (SSSR count). The predicted octanol–water partition coefficient (Wildman–Crippen LogP) is 5.00. The molecular formula is C39H60I3N5O13. The molecule has 0 aliphatic carbocycles. The van der Waals surface area contributed by atoms with Crippen molar-refractivity contribution in [1.82, 2.24) is 19.6 Å². The van der Waals surface area contributed by atoms with Crippen molar-refractivity contribution in [3.63, 3.8) is 0 Å². The molecule has 0 aromatic heterocycles. The number of nitrogens with one attached hydrogen (secondary N) is 1. The van der Waals surface area contributed by atoms with E-state index in [-0.39, 0.29) is 32.1 Å². The number of esters is 3. The van der Waals surface area contributed by atoms with Crippen molar-refractivity contribution in [3.05, 3.63) is 22.3 Å². The third-order valence-corrected chi connectivity index (χ3v) is 10.6. The lowest BCUT2D eigenvalue weighted by Crippen LogP contribution is -2.53. The Bertz CT molecular complexity index is 1690. The summed E-state index contributed by atoms with van der Waals surface area (Å²) < 4.78 is 23.9. The summed E-state index contributed by atoms with van der Waals surface area (Å²) in [5.74, 6) is -4.87. The molecule has 0 heterocycles. The zero-order valence-corrected chi connectivity index (χ0v) is 42.7. The Labute approximate surface area is 393 Å². The van der Waals surface area contributed by atoms with E-state index in [4.69, 9.17) is 18.9 Å². The highest BCUT2D eigenvalue weighted by molar-refractivity contribution is 14.1. The highest BCUT2D eigenvalue weighted by Crippen LogP contribution is 2.33. The van der Waals surface area contributed by atoms with E-state index in [1.807, 2.05) is 59.0 Å². The van der Waals surface area contributed by atoms with Gasteiger partial charge in [0.1, 0.15) is 23.4 Å². The third kappa shape index (κ3) is 21.9. The van der Waals surface area contributed by atoms with Gasteiger partial charge in [-0.3, -0.25) is 48.8 Å². The van der Waals surface area contributed by atoms with E-state index < -0.39 is 91.6 Å². The van der Waals surface area contributed by atoms with Crippen LogP contribution < -0.4 is 5.32 Å². The molecule has 0 saturated heterocycles. The molecule has 0 aliphatic rings. The fourth-order valence-corrected chi connectivity index (χ4v) is 9.62. The number of benzene rings is 1. The smallest absolute Gasteiger partial charge is 0.411 e. The van der Waals surface area contributed by atoms with Crippen molar-refractivity contribution >= 4 is 115 Å². The van der Waals surface area contributed by atoms with Gasteiger partial charge < -0.3 is 34.1 Å². The van der Waals surface area contributed by atoms with Crippen molar-refractivity contribution < 1.29 is 62.7 Å². The molecule has 0 spiro atoms. The predicted molar refractivity (Wildman–Crippen MR) is 248 cm³/mol. The number of carboxylic acids is 2. The van der Waals surface area contributed by atoms with Crippen LogP contribution in [0.3, 0.4) is 0 Å². The van der Waals surface area contributed by atoms with E-state index in [1.165, 1.54) is 14.7 Å². The standard InChI is InChI=1S/C39H60I3N5O13/c1-12-46(13-2)35(55)32-25(40)16-26(41)34(33(32)42)43-36(56)57-23-24(47(19-28(50)51)22-31(54)60-39(9,10)11)17-44(20-29(52)58-37(3,4)5)14-15-45(18-27(48)49)21-30(53)59-38(6,7)8/h16,24H,12-15,17-23H2,1-11H3,(H,43,56)(H,48,49)(H,50,51). The third-order valence-electron chi connectivity index (χ3n) is 7.78. The Morgan fingerprint density at radius 2 is 1.12 bits per heavy atom. The average Bonchev–Trinajstić information content (AvgIpc) is 3.04. The summed E-state index contributed by atoms with van der Waals surface area (Å²) in [6.45, 7) is 16.2. The van der Waals surface area contributed by atoms with Gasteiger partial charge >= 0.3 is 35.9 Å².